The SMILES string of the molecule is O=C(O)C1(c2c(Cl)ccc(Br)c2F)CCC1. The fourth-order valence-corrected chi connectivity index (χ4v) is 2.72. The predicted molar refractivity (Wildman–Crippen MR) is 62.3 cm³/mol. The van der Waals surface area contributed by atoms with Gasteiger partial charge < -0.3 is 5.11 Å². The van der Waals surface area contributed by atoms with Crippen LogP contribution in [0.1, 0.15) is 24.8 Å². The van der Waals surface area contributed by atoms with Crippen molar-refractivity contribution in [2.24, 2.45) is 0 Å². The second kappa shape index (κ2) is 4.00. The Kier molecular flexibility index (Phi) is 2.97. The second-order valence-corrected chi connectivity index (χ2v) is 5.22. The highest BCUT2D eigenvalue weighted by Crippen LogP contribution is 2.48. The number of carbonyl (C=O) groups is 1. The van der Waals surface area contributed by atoms with E-state index in [0.29, 0.717) is 12.8 Å². The van der Waals surface area contributed by atoms with Crippen LogP contribution < -0.4 is 0 Å². The second-order valence-electron chi connectivity index (χ2n) is 3.96. The first-order valence-corrected chi connectivity index (χ1v) is 6.03. The molecule has 0 saturated heterocycles. The molecule has 16 heavy (non-hydrogen) atoms. The van der Waals surface area contributed by atoms with E-state index in [1.54, 1.807) is 0 Å². The van der Waals surface area contributed by atoms with Gasteiger partial charge in [-0.1, -0.05) is 18.0 Å². The molecule has 1 aliphatic rings. The molecule has 5 heteroatoms. The summed E-state index contributed by atoms with van der Waals surface area (Å²) >= 11 is 8.97. The van der Waals surface area contributed by atoms with Crippen molar-refractivity contribution >= 4 is 33.5 Å². The first-order chi connectivity index (χ1) is 7.49. The fraction of sp³-hybridized carbons (Fsp3) is 0.364. The summed E-state index contributed by atoms with van der Waals surface area (Å²) in [5, 5.41) is 9.42. The maximum absolute atomic E-state index is 13.9. The number of halogens is 3. The highest BCUT2D eigenvalue weighted by atomic mass is 79.9. The molecule has 0 amide bonds. The monoisotopic (exact) mass is 306 g/mol. The standard InChI is InChI=1S/C11H9BrClFO2/c12-6-2-3-7(13)8(9(6)14)11(10(15)16)4-1-5-11/h2-3H,1,4-5H2,(H,15,16). The van der Waals surface area contributed by atoms with Crippen LogP contribution in [0, 0.1) is 5.82 Å². The maximum atomic E-state index is 13.9. The molecule has 0 atom stereocenters. The Morgan fingerprint density at radius 3 is 2.56 bits per heavy atom. The fourth-order valence-electron chi connectivity index (χ4n) is 2.07. The van der Waals surface area contributed by atoms with E-state index < -0.39 is 17.2 Å². The highest BCUT2D eigenvalue weighted by molar-refractivity contribution is 9.10. The Hall–Kier alpha value is -0.610. The summed E-state index contributed by atoms with van der Waals surface area (Å²) in [4.78, 5) is 11.3. The smallest absolute Gasteiger partial charge is 0.314 e. The van der Waals surface area contributed by atoms with Crippen molar-refractivity contribution in [1.82, 2.24) is 0 Å². The van der Waals surface area contributed by atoms with Gasteiger partial charge in [0.15, 0.2) is 0 Å². The van der Waals surface area contributed by atoms with E-state index in [-0.39, 0.29) is 15.1 Å². The summed E-state index contributed by atoms with van der Waals surface area (Å²) in [6.45, 7) is 0. The topological polar surface area (TPSA) is 37.3 Å². The van der Waals surface area contributed by atoms with Crippen molar-refractivity contribution in [3.05, 3.63) is 33.0 Å². The minimum absolute atomic E-state index is 0.113. The van der Waals surface area contributed by atoms with Gasteiger partial charge in [0, 0.05) is 10.6 Å². The van der Waals surface area contributed by atoms with Crippen molar-refractivity contribution in [2.45, 2.75) is 24.7 Å². The van der Waals surface area contributed by atoms with Gasteiger partial charge in [0.1, 0.15) is 5.82 Å². The summed E-state index contributed by atoms with van der Waals surface area (Å²) in [5.74, 6) is -1.56. The van der Waals surface area contributed by atoms with Gasteiger partial charge in [0.25, 0.3) is 0 Å². The molecule has 0 aliphatic heterocycles. The van der Waals surface area contributed by atoms with Gasteiger partial charge >= 0.3 is 5.97 Å². The van der Waals surface area contributed by atoms with Crippen molar-refractivity contribution in [3.63, 3.8) is 0 Å². The molecule has 1 aromatic rings. The molecule has 0 spiro atoms. The predicted octanol–water partition coefficient (Wildman–Crippen LogP) is 3.75. The van der Waals surface area contributed by atoms with Crippen LogP contribution in [0.3, 0.4) is 0 Å². The molecule has 0 heterocycles. The normalized spacial score (nSPS) is 17.9. The molecule has 2 nitrogen and oxygen atoms in total. The molecule has 1 fully saturated rings. The van der Waals surface area contributed by atoms with Gasteiger partial charge in [-0.3, -0.25) is 4.79 Å². The number of aliphatic carboxylic acids is 1. The Balaban J connectivity index is 2.63. The summed E-state index contributed by atoms with van der Waals surface area (Å²) in [5.41, 5.74) is -1.02. The number of rotatable bonds is 2. The highest BCUT2D eigenvalue weighted by Gasteiger charge is 2.49. The summed E-state index contributed by atoms with van der Waals surface area (Å²) in [6, 6.07) is 3.00. The van der Waals surface area contributed by atoms with Crippen LogP contribution in [-0.2, 0) is 10.2 Å². The van der Waals surface area contributed by atoms with Crippen molar-refractivity contribution in [2.75, 3.05) is 0 Å². The van der Waals surface area contributed by atoms with E-state index >= 15 is 0 Å². The van der Waals surface area contributed by atoms with Gasteiger partial charge in [0.2, 0.25) is 0 Å². The van der Waals surface area contributed by atoms with Crippen LogP contribution in [0.15, 0.2) is 16.6 Å². The van der Waals surface area contributed by atoms with Crippen LogP contribution >= 0.6 is 27.5 Å². The molecule has 1 saturated carbocycles. The third kappa shape index (κ3) is 1.55. The molecule has 86 valence electrons. The zero-order valence-electron chi connectivity index (χ0n) is 8.27. The van der Waals surface area contributed by atoms with Crippen LogP contribution in [0.2, 0.25) is 5.02 Å². The van der Waals surface area contributed by atoms with Crippen LogP contribution in [0.4, 0.5) is 4.39 Å². The minimum Gasteiger partial charge on any atom is -0.481 e. The third-order valence-corrected chi connectivity index (χ3v) is 4.07. The van der Waals surface area contributed by atoms with Crippen molar-refractivity contribution in [1.29, 1.82) is 0 Å². The Labute approximate surface area is 106 Å². The number of hydrogen-bond donors (Lipinski definition) is 1. The quantitative estimate of drug-likeness (QED) is 0.845. The molecule has 0 radical (unpaired) electrons. The molecule has 1 aromatic carbocycles. The van der Waals surface area contributed by atoms with E-state index in [1.165, 1.54) is 12.1 Å². The third-order valence-electron chi connectivity index (χ3n) is 3.14. The van der Waals surface area contributed by atoms with E-state index in [2.05, 4.69) is 15.9 Å². The Morgan fingerprint density at radius 1 is 1.50 bits per heavy atom. The largest absolute Gasteiger partial charge is 0.481 e. The van der Waals surface area contributed by atoms with Gasteiger partial charge in [-0.15, -0.1) is 0 Å². The number of carboxylic acids is 1. The van der Waals surface area contributed by atoms with E-state index in [4.69, 9.17) is 11.6 Å². The molecule has 0 aromatic heterocycles. The lowest BCUT2D eigenvalue weighted by Gasteiger charge is -2.38. The Bertz CT molecular complexity index is 458. The van der Waals surface area contributed by atoms with Crippen molar-refractivity contribution in [3.8, 4) is 0 Å². The summed E-state index contributed by atoms with van der Waals surface area (Å²) in [6.07, 6.45) is 1.67. The summed E-state index contributed by atoms with van der Waals surface area (Å²) < 4.78 is 14.2. The van der Waals surface area contributed by atoms with Gasteiger partial charge in [0.05, 0.1) is 9.89 Å². The average Bonchev–Trinajstić information content (AvgIpc) is 2.15. The molecule has 0 bridgehead atoms. The number of benzene rings is 1. The lowest BCUT2D eigenvalue weighted by Crippen LogP contribution is -2.43. The van der Waals surface area contributed by atoms with Crippen LogP contribution in [-0.4, -0.2) is 11.1 Å². The van der Waals surface area contributed by atoms with E-state index in [0.717, 1.165) is 6.42 Å². The van der Waals surface area contributed by atoms with Crippen LogP contribution in [0.25, 0.3) is 0 Å². The van der Waals surface area contributed by atoms with E-state index in [9.17, 15) is 14.3 Å². The van der Waals surface area contributed by atoms with E-state index in [1.807, 2.05) is 0 Å². The molecule has 1 aliphatic carbocycles. The summed E-state index contributed by atoms with van der Waals surface area (Å²) in [7, 11) is 0. The minimum atomic E-state index is -1.13. The Morgan fingerprint density at radius 2 is 2.12 bits per heavy atom. The van der Waals surface area contributed by atoms with Crippen molar-refractivity contribution < 1.29 is 14.3 Å². The number of carboxylic acid groups (broad SMARTS) is 1. The van der Waals surface area contributed by atoms with Crippen LogP contribution in [0.5, 0.6) is 0 Å². The van der Waals surface area contributed by atoms with Gasteiger partial charge in [-0.25, -0.2) is 4.39 Å². The number of hydrogen-bond acceptors (Lipinski definition) is 1. The zero-order chi connectivity index (χ0) is 11.9. The first kappa shape index (κ1) is 11.9. The first-order valence-electron chi connectivity index (χ1n) is 4.86. The van der Waals surface area contributed by atoms with Gasteiger partial charge in [-0.2, -0.15) is 0 Å². The molecular weight excluding hydrogens is 298 g/mol. The average molecular weight is 308 g/mol. The molecule has 2 rings (SSSR count). The molecule has 1 N–H and O–H groups in total. The molecular formula is C11H9BrClFO2. The van der Waals surface area contributed by atoms with Gasteiger partial charge in [-0.05, 0) is 40.9 Å². The lowest BCUT2D eigenvalue weighted by atomic mass is 9.64. The molecule has 0 unspecified atom stereocenters. The zero-order valence-corrected chi connectivity index (χ0v) is 10.6. The lowest BCUT2D eigenvalue weighted by molar-refractivity contribution is -0.147. The maximum Gasteiger partial charge on any atom is 0.314 e.